The number of aliphatic imine (C=N–C) groups is 2. The number of rotatable bonds is 4. The van der Waals surface area contributed by atoms with E-state index in [-0.39, 0.29) is 29.2 Å². The molecule has 4 bridgehead atoms. The summed E-state index contributed by atoms with van der Waals surface area (Å²) in [5, 5.41) is 3.21. The van der Waals surface area contributed by atoms with Crippen LogP contribution in [0.25, 0.3) is 0 Å². The molecular weight excluding hydrogens is 478 g/mol. The summed E-state index contributed by atoms with van der Waals surface area (Å²) in [6.45, 7) is 0.791. The second-order valence-electron chi connectivity index (χ2n) is 11.6. The average molecular weight is 510 g/mol. The smallest absolute Gasteiger partial charge is 0.259 e. The summed E-state index contributed by atoms with van der Waals surface area (Å²) in [6, 6.07) is 12.5. The van der Waals surface area contributed by atoms with E-state index in [1.54, 1.807) is 23.2 Å². The number of carbonyl (C=O) groups excluding carboxylic acids is 2. The van der Waals surface area contributed by atoms with Crippen LogP contribution in [0, 0.1) is 23.2 Å². The first-order chi connectivity index (χ1) is 18.6. The van der Waals surface area contributed by atoms with Crippen LogP contribution >= 0.6 is 0 Å². The minimum atomic E-state index is -0.271. The van der Waals surface area contributed by atoms with Crippen molar-refractivity contribution in [3.8, 4) is 11.6 Å². The van der Waals surface area contributed by atoms with Gasteiger partial charge in [0.1, 0.15) is 23.5 Å². The molecular formula is C30H31N5O3. The van der Waals surface area contributed by atoms with Gasteiger partial charge >= 0.3 is 0 Å². The van der Waals surface area contributed by atoms with Crippen LogP contribution in [0.5, 0.6) is 11.6 Å². The fraction of sp³-hybridized carbons (Fsp3) is 0.433. The number of pyridine rings is 1. The molecule has 4 saturated carbocycles. The van der Waals surface area contributed by atoms with Gasteiger partial charge in [-0.2, -0.15) is 0 Å². The van der Waals surface area contributed by atoms with Crippen molar-refractivity contribution in [1.29, 1.82) is 0 Å². The normalized spacial score (nSPS) is 30.8. The van der Waals surface area contributed by atoms with E-state index in [2.05, 4.69) is 20.3 Å². The molecule has 2 aliphatic heterocycles. The van der Waals surface area contributed by atoms with Crippen molar-refractivity contribution in [2.75, 3.05) is 13.1 Å². The van der Waals surface area contributed by atoms with E-state index in [1.807, 2.05) is 36.4 Å². The number of amides is 2. The molecule has 8 rings (SSSR count). The van der Waals surface area contributed by atoms with Crippen molar-refractivity contribution in [1.82, 2.24) is 15.2 Å². The van der Waals surface area contributed by atoms with E-state index in [9.17, 15) is 9.59 Å². The molecule has 2 amide bonds. The number of fused-ring (bicyclic) bond motifs is 1. The summed E-state index contributed by atoms with van der Waals surface area (Å²) in [5.74, 6) is 3.54. The average Bonchev–Trinajstić information content (AvgIpc) is 2.93. The molecule has 6 aliphatic rings. The largest absolute Gasteiger partial charge is 0.438 e. The molecule has 0 radical (unpaired) electrons. The molecule has 1 N–H and O–H groups in total. The number of nitrogens with one attached hydrogen (secondary N) is 1. The molecule has 1 aromatic heterocycles. The highest BCUT2D eigenvalue weighted by Gasteiger charge is 2.55. The zero-order valence-corrected chi connectivity index (χ0v) is 21.3. The van der Waals surface area contributed by atoms with Crippen LogP contribution < -0.4 is 10.1 Å². The first kappa shape index (κ1) is 23.3. The van der Waals surface area contributed by atoms with Gasteiger partial charge < -0.3 is 15.0 Å². The number of amidine groups is 1. The van der Waals surface area contributed by atoms with Crippen molar-refractivity contribution in [3.05, 3.63) is 65.9 Å². The molecule has 8 nitrogen and oxygen atoms in total. The molecule has 2 aromatic rings. The summed E-state index contributed by atoms with van der Waals surface area (Å²) >= 11 is 0. The fourth-order valence-corrected chi connectivity index (χ4v) is 7.66. The molecule has 4 fully saturated rings. The maximum atomic E-state index is 13.6. The monoisotopic (exact) mass is 509 g/mol. The second-order valence-corrected chi connectivity index (χ2v) is 11.6. The number of para-hydroxylation sites is 1. The molecule has 0 spiro atoms. The number of nitrogens with zero attached hydrogens (tertiary/aromatic N) is 4. The van der Waals surface area contributed by atoms with Gasteiger partial charge in [-0.15, -0.1) is 0 Å². The first-order valence-electron chi connectivity index (χ1n) is 13.6. The van der Waals surface area contributed by atoms with Gasteiger partial charge in [0.25, 0.3) is 5.91 Å². The summed E-state index contributed by atoms with van der Waals surface area (Å²) < 4.78 is 5.92. The second kappa shape index (κ2) is 9.19. The van der Waals surface area contributed by atoms with Crippen molar-refractivity contribution >= 4 is 24.0 Å². The lowest BCUT2D eigenvalue weighted by Crippen LogP contribution is -2.55. The molecule has 1 atom stereocenters. The molecule has 8 heteroatoms. The summed E-state index contributed by atoms with van der Waals surface area (Å²) in [7, 11) is 0. The lowest BCUT2D eigenvalue weighted by molar-refractivity contribution is -0.144. The Hall–Kier alpha value is -3.81. The van der Waals surface area contributed by atoms with Crippen LogP contribution in [0.1, 0.15) is 48.9 Å². The minimum absolute atomic E-state index is 0.127. The van der Waals surface area contributed by atoms with Gasteiger partial charge in [-0.1, -0.05) is 24.3 Å². The number of carbonyl (C=O) groups is 2. The SMILES string of the molecule is O=C(c1cccnc1Oc1ccccc1)N1CC=C2C(NC(=O)C34CC5CC(CC(C5)C3)C4)=NC=NC2C1. The maximum Gasteiger partial charge on any atom is 0.259 e. The minimum Gasteiger partial charge on any atom is -0.438 e. The Labute approximate surface area is 221 Å². The van der Waals surface area contributed by atoms with E-state index >= 15 is 0 Å². The zero-order chi connectivity index (χ0) is 25.7. The zero-order valence-electron chi connectivity index (χ0n) is 21.3. The molecule has 0 saturated heterocycles. The van der Waals surface area contributed by atoms with Gasteiger partial charge in [-0.25, -0.2) is 9.98 Å². The van der Waals surface area contributed by atoms with Gasteiger partial charge in [0.2, 0.25) is 11.8 Å². The van der Waals surface area contributed by atoms with Gasteiger partial charge in [0, 0.05) is 24.9 Å². The molecule has 38 heavy (non-hydrogen) atoms. The number of hydrogen-bond donors (Lipinski definition) is 1. The summed E-state index contributed by atoms with van der Waals surface area (Å²) in [6.07, 6.45) is 12.0. The van der Waals surface area contributed by atoms with Gasteiger partial charge in [-0.3, -0.25) is 14.6 Å². The highest BCUT2D eigenvalue weighted by atomic mass is 16.5. The van der Waals surface area contributed by atoms with Crippen molar-refractivity contribution in [3.63, 3.8) is 0 Å². The molecule has 1 aromatic carbocycles. The van der Waals surface area contributed by atoms with Gasteiger partial charge in [0.15, 0.2) is 0 Å². The summed E-state index contributed by atoms with van der Waals surface area (Å²) in [4.78, 5) is 42.2. The van der Waals surface area contributed by atoms with E-state index in [1.165, 1.54) is 25.6 Å². The molecule has 3 heterocycles. The number of aromatic nitrogens is 1. The Balaban J connectivity index is 1.07. The van der Waals surface area contributed by atoms with E-state index < -0.39 is 0 Å². The van der Waals surface area contributed by atoms with Crippen molar-refractivity contribution in [2.24, 2.45) is 33.2 Å². The first-order valence-corrected chi connectivity index (χ1v) is 13.6. The third kappa shape index (κ3) is 4.12. The van der Waals surface area contributed by atoms with Crippen LogP contribution in [0.2, 0.25) is 0 Å². The molecule has 194 valence electrons. The standard InChI is InChI=1S/C30H31N5O3/c36-28(24-7-4-9-31-27(24)38-22-5-2-1-3-6-22)35-10-8-23-25(17-35)32-18-33-26(23)34-29(37)30-14-19-11-20(15-30)13-21(12-19)16-30/h1-9,18-21,25H,10-17H2,(H,32,33,34,37). The van der Waals surface area contributed by atoms with Gasteiger partial charge in [-0.05, 0) is 80.5 Å². The Morgan fingerprint density at radius 2 is 1.71 bits per heavy atom. The quantitative estimate of drug-likeness (QED) is 0.661. The van der Waals surface area contributed by atoms with Crippen LogP contribution in [0.3, 0.4) is 0 Å². The third-order valence-electron chi connectivity index (χ3n) is 8.99. The third-order valence-corrected chi connectivity index (χ3v) is 8.99. The highest BCUT2D eigenvalue weighted by molar-refractivity contribution is 6.13. The van der Waals surface area contributed by atoms with Crippen molar-refractivity contribution in [2.45, 2.75) is 44.6 Å². The molecule has 1 unspecified atom stereocenters. The van der Waals surface area contributed by atoms with E-state index in [4.69, 9.17) is 4.74 Å². The predicted molar refractivity (Wildman–Crippen MR) is 143 cm³/mol. The fourth-order valence-electron chi connectivity index (χ4n) is 7.66. The van der Waals surface area contributed by atoms with E-state index in [0.29, 0.717) is 48.0 Å². The van der Waals surface area contributed by atoms with Crippen LogP contribution in [0.15, 0.2) is 70.3 Å². The number of benzene rings is 1. The Morgan fingerprint density at radius 3 is 2.45 bits per heavy atom. The van der Waals surface area contributed by atoms with Crippen molar-refractivity contribution < 1.29 is 14.3 Å². The predicted octanol–water partition coefficient (Wildman–Crippen LogP) is 4.40. The molecule has 4 aliphatic carbocycles. The van der Waals surface area contributed by atoms with Crippen LogP contribution in [-0.4, -0.2) is 53.0 Å². The summed E-state index contributed by atoms with van der Waals surface area (Å²) in [5.41, 5.74) is 1.05. The van der Waals surface area contributed by atoms with Crippen LogP contribution in [0.4, 0.5) is 0 Å². The number of hydrogen-bond acceptors (Lipinski definition) is 6. The Kier molecular flexibility index (Phi) is 5.64. The Bertz CT molecular complexity index is 1330. The van der Waals surface area contributed by atoms with Crippen LogP contribution in [-0.2, 0) is 4.79 Å². The highest BCUT2D eigenvalue weighted by Crippen LogP contribution is 2.60. The van der Waals surface area contributed by atoms with E-state index in [0.717, 1.165) is 24.8 Å². The lowest BCUT2D eigenvalue weighted by Gasteiger charge is -2.55. The van der Waals surface area contributed by atoms with Gasteiger partial charge in [0.05, 0.1) is 11.5 Å². The lowest BCUT2D eigenvalue weighted by atomic mass is 9.49. The Morgan fingerprint density at radius 1 is 0.974 bits per heavy atom. The maximum absolute atomic E-state index is 13.6. The number of ether oxygens (including phenoxy) is 1. The topological polar surface area (TPSA) is 96.2 Å².